The van der Waals surface area contributed by atoms with Crippen molar-refractivity contribution in [2.45, 2.75) is 37.6 Å². The van der Waals surface area contributed by atoms with E-state index < -0.39 is 27.3 Å². The number of anilines is 2. The van der Waals surface area contributed by atoms with Crippen LogP contribution in [0.4, 0.5) is 19.6 Å². The van der Waals surface area contributed by atoms with E-state index in [1.54, 1.807) is 6.07 Å². The smallest absolute Gasteiger partial charge is 0.265 e. The van der Waals surface area contributed by atoms with Gasteiger partial charge in [0.05, 0.1) is 30.1 Å². The van der Waals surface area contributed by atoms with E-state index in [0.29, 0.717) is 11.5 Å². The number of thiazole rings is 1. The average Bonchev–Trinajstić information content (AvgIpc) is 3.21. The highest BCUT2D eigenvalue weighted by Crippen LogP contribution is 2.38. The Bertz CT molecular complexity index is 1290. The van der Waals surface area contributed by atoms with E-state index in [2.05, 4.69) is 22.2 Å². The quantitative estimate of drug-likeness (QED) is 0.435. The van der Waals surface area contributed by atoms with Gasteiger partial charge in [-0.05, 0) is 56.4 Å². The predicted octanol–water partition coefficient (Wildman–Crippen LogP) is 4.83. The molecule has 1 aliphatic heterocycles. The third kappa shape index (κ3) is 5.54. The van der Waals surface area contributed by atoms with E-state index in [1.807, 2.05) is 11.6 Å². The SMILES string of the molecule is COc1ccc(-c2sc(NC(C)C3CCOCC3)nc2C)cc1S(=O)(=O)Nc1c(F)cncc1F. The second kappa shape index (κ2) is 10.4. The molecule has 0 aliphatic carbocycles. The summed E-state index contributed by atoms with van der Waals surface area (Å²) in [6, 6.07) is 4.83. The maximum Gasteiger partial charge on any atom is 0.265 e. The number of hydrogen-bond acceptors (Lipinski definition) is 8. The molecule has 1 aromatic carbocycles. The fourth-order valence-corrected chi connectivity index (χ4v) is 6.31. The van der Waals surface area contributed by atoms with Crippen molar-refractivity contribution in [3.05, 3.63) is 47.9 Å². The standard InChI is InChI=1S/C23H26F2N4O4S2/c1-13(15-6-8-33-9-7-15)27-23-28-14(2)22(34-23)16-4-5-19(32-3)20(10-16)35(30,31)29-21-17(24)11-26-12-18(21)25/h4-5,10-13,15H,6-9H2,1-3H3,(H,26,29)(H,27,28). The molecule has 1 fully saturated rings. The van der Waals surface area contributed by atoms with Crippen molar-refractivity contribution in [2.75, 3.05) is 30.4 Å². The Morgan fingerprint density at radius 1 is 1.20 bits per heavy atom. The molecule has 12 heteroatoms. The normalized spacial score (nSPS) is 15.6. The summed E-state index contributed by atoms with van der Waals surface area (Å²) in [4.78, 5) is 8.50. The fraction of sp³-hybridized carbons (Fsp3) is 0.391. The molecule has 3 heterocycles. The molecule has 0 radical (unpaired) electrons. The van der Waals surface area contributed by atoms with Crippen molar-refractivity contribution in [3.63, 3.8) is 0 Å². The minimum absolute atomic E-state index is 0.0322. The first-order valence-electron chi connectivity index (χ1n) is 11.0. The summed E-state index contributed by atoms with van der Waals surface area (Å²) in [7, 11) is -3.08. The molecule has 0 saturated carbocycles. The Kier molecular flexibility index (Phi) is 7.53. The molecule has 1 atom stereocenters. The minimum atomic E-state index is -4.40. The Morgan fingerprint density at radius 3 is 2.54 bits per heavy atom. The number of rotatable bonds is 8. The van der Waals surface area contributed by atoms with Crippen molar-refractivity contribution < 1.29 is 26.7 Å². The molecular formula is C23H26F2N4O4S2. The van der Waals surface area contributed by atoms with Gasteiger partial charge in [-0.3, -0.25) is 9.71 Å². The Morgan fingerprint density at radius 2 is 1.89 bits per heavy atom. The van der Waals surface area contributed by atoms with Crippen LogP contribution in [-0.2, 0) is 14.8 Å². The number of nitrogens with one attached hydrogen (secondary N) is 2. The highest BCUT2D eigenvalue weighted by atomic mass is 32.2. The molecule has 0 amide bonds. The number of aromatic nitrogens is 2. The molecular weight excluding hydrogens is 498 g/mol. The van der Waals surface area contributed by atoms with Gasteiger partial charge in [-0.1, -0.05) is 11.3 Å². The Hall–Kier alpha value is -2.83. The van der Waals surface area contributed by atoms with Crippen LogP contribution in [0.15, 0.2) is 35.5 Å². The van der Waals surface area contributed by atoms with E-state index in [1.165, 1.54) is 30.6 Å². The van der Waals surface area contributed by atoms with Crippen molar-refractivity contribution in [1.29, 1.82) is 0 Å². The van der Waals surface area contributed by atoms with E-state index in [9.17, 15) is 17.2 Å². The molecule has 1 aliphatic rings. The highest BCUT2D eigenvalue weighted by Gasteiger charge is 2.26. The molecule has 8 nitrogen and oxygen atoms in total. The van der Waals surface area contributed by atoms with E-state index >= 15 is 0 Å². The number of halogens is 2. The first-order chi connectivity index (χ1) is 16.7. The fourth-order valence-electron chi connectivity index (χ4n) is 3.98. The molecule has 2 N–H and O–H groups in total. The van der Waals surface area contributed by atoms with Crippen LogP contribution in [0.1, 0.15) is 25.5 Å². The zero-order chi connectivity index (χ0) is 25.2. The Labute approximate surface area is 206 Å². The van der Waals surface area contributed by atoms with Crippen molar-refractivity contribution in [2.24, 2.45) is 5.92 Å². The maximum absolute atomic E-state index is 14.0. The third-order valence-electron chi connectivity index (χ3n) is 5.93. The molecule has 0 bridgehead atoms. The molecule has 3 aromatic rings. The number of aryl methyl sites for hydroxylation is 1. The van der Waals surface area contributed by atoms with Crippen LogP contribution >= 0.6 is 11.3 Å². The number of pyridine rings is 1. The average molecular weight is 525 g/mol. The molecule has 188 valence electrons. The van der Waals surface area contributed by atoms with Gasteiger partial charge in [0.15, 0.2) is 16.8 Å². The summed E-state index contributed by atoms with van der Waals surface area (Å²) >= 11 is 1.41. The second-order valence-electron chi connectivity index (χ2n) is 8.27. The zero-order valence-electron chi connectivity index (χ0n) is 19.5. The van der Waals surface area contributed by atoms with Crippen LogP contribution in [0.5, 0.6) is 5.75 Å². The van der Waals surface area contributed by atoms with Crippen molar-refractivity contribution in [1.82, 2.24) is 9.97 Å². The molecule has 35 heavy (non-hydrogen) atoms. The Balaban J connectivity index is 1.64. The minimum Gasteiger partial charge on any atom is -0.495 e. The van der Waals surface area contributed by atoms with Gasteiger partial charge >= 0.3 is 0 Å². The predicted molar refractivity (Wildman–Crippen MR) is 130 cm³/mol. The lowest BCUT2D eigenvalue weighted by molar-refractivity contribution is 0.0622. The number of hydrogen-bond donors (Lipinski definition) is 2. The molecule has 2 aromatic heterocycles. The second-order valence-corrected chi connectivity index (χ2v) is 10.9. The summed E-state index contributed by atoms with van der Waals surface area (Å²) < 4.78 is 66.9. The topological polar surface area (TPSA) is 102 Å². The first kappa shape index (κ1) is 25.3. The maximum atomic E-state index is 14.0. The van der Waals surface area contributed by atoms with Gasteiger partial charge in [0.25, 0.3) is 10.0 Å². The lowest BCUT2D eigenvalue weighted by atomic mass is 9.93. The summed E-state index contributed by atoms with van der Waals surface area (Å²) in [5, 5.41) is 4.19. The highest BCUT2D eigenvalue weighted by molar-refractivity contribution is 7.92. The number of sulfonamides is 1. The largest absolute Gasteiger partial charge is 0.495 e. The molecule has 1 saturated heterocycles. The van der Waals surface area contributed by atoms with Gasteiger partial charge in [0.2, 0.25) is 0 Å². The monoisotopic (exact) mass is 524 g/mol. The van der Waals surface area contributed by atoms with Crippen molar-refractivity contribution in [3.8, 4) is 16.2 Å². The van der Waals surface area contributed by atoms with Crippen molar-refractivity contribution >= 4 is 32.2 Å². The number of nitrogens with zero attached hydrogens (tertiary/aromatic N) is 2. The number of ether oxygens (including phenoxy) is 2. The van der Waals surface area contributed by atoms with Crippen LogP contribution in [0.25, 0.3) is 10.4 Å². The van der Waals surface area contributed by atoms with Gasteiger partial charge < -0.3 is 14.8 Å². The van der Waals surface area contributed by atoms with E-state index in [4.69, 9.17) is 9.47 Å². The summed E-state index contributed by atoms with van der Waals surface area (Å²) in [5.41, 5.74) is 0.503. The first-order valence-corrected chi connectivity index (χ1v) is 13.3. The van der Waals surface area contributed by atoms with Crippen LogP contribution in [0.3, 0.4) is 0 Å². The lowest BCUT2D eigenvalue weighted by Gasteiger charge is -2.28. The van der Waals surface area contributed by atoms with Gasteiger partial charge in [-0.25, -0.2) is 22.2 Å². The molecule has 1 unspecified atom stereocenters. The van der Waals surface area contributed by atoms with Crippen LogP contribution in [0, 0.1) is 24.5 Å². The van der Waals surface area contributed by atoms with Gasteiger partial charge in [-0.15, -0.1) is 0 Å². The number of methoxy groups -OCH3 is 1. The van der Waals surface area contributed by atoms with E-state index in [0.717, 1.165) is 54.2 Å². The van der Waals surface area contributed by atoms with Gasteiger partial charge in [0, 0.05) is 19.3 Å². The zero-order valence-corrected chi connectivity index (χ0v) is 21.1. The van der Waals surface area contributed by atoms with Crippen LogP contribution in [-0.4, -0.2) is 44.8 Å². The lowest BCUT2D eigenvalue weighted by Crippen LogP contribution is -2.30. The molecule has 4 rings (SSSR count). The van der Waals surface area contributed by atoms with Crippen LogP contribution in [0.2, 0.25) is 0 Å². The van der Waals surface area contributed by atoms with E-state index in [-0.39, 0.29) is 16.7 Å². The van der Waals surface area contributed by atoms with Gasteiger partial charge in [0.1, 0.15) is 16.3 Å². The van der Waals surface area contributed by atoms with Crippen LogP contribution < -0.4 is 14.8 Å². The summed E-state index contributed by atoms with van der Waals surface area (Å²) in [5.74, 6) is -1.74. The number of benzene rings is 1. The van der Waals surface area contributed by atoms with Gasteiger partial charge in [-0.2, -0.15) is 0 Å². The third-order valence-corrected chi connectivity index (χ3v) is 8.43. The molecule has 0 spiro atoms. The summed E-state index contributed by atoms with van der Waals surface area (Å²) in [6.07, 6.45) is 3.42. The summed E-state index contributed by atoms with van der Waals surface area (Å²) in [6.45, 7) is 5.47.